The van der Waals surface area contributed by atoms with Gasteiger partial charge in [-0.3, -0.25) is 0 Å². The Bertz CT molecular complexity index is 1470. The zero-order valence-corrected chi connectivity index (χ0v) is 20.7. The van der Waals surface area contributed by atoms with Crippen LogP contribution in [0.2, 0.25) is 5.02 Å². The zero-order chi connectivity index (χ0) is 24.6. The summed E-state index contributed by atoms with van der Waals surface area (Å²) in [6, 6.07) is 12.5. The minimum Gasteiger partial charge on any atom is -0.353 e. The van der Waals surface area contributed by atoms with Crippen molar-refractivity contribution < 1.29 is 8.42 Å². The van der Waals surface area contributed by atoms with Gasteiger partial charge in [-0.1, -0.05) is 11.6 Å². The Morgan fingerprint density at radius 3 is 2.59 bits per heavy atom. The van der Waals surface area contributed by atoms with Crippen LogP contribution in [-0.2, 0) is 17.1 Å². The molecule has 0 unspecified atom stereocenters. The maximum atomic E-state index is 11.7. The van der Waals surface area contributed by atoms with Crippen molar-refractivity contribution >= 4 is 61.7 Å². The van der Waals surface area contributed by atoms with E-state index >= 15 is 0 Å². The van der Waals surface area contributed by atoms with Crippen molar-refractivity contribution in [1.29, 1.82) is 0 Å². The molecule has 2 aromatic carbocycles. The molecular formula is C22H25ClN8O2S. The summed E-state index contributed by atoms with van der Waals surface area (Å²) in [7, 11) is -0.0955. The number of primary sulfonamides is 1. The molecule has 178 valence electrons. The molecule has 0 radical (unpaired) electrons. The summed E-state index contributed by atoms with van der Waals surface area (Å²) in [5.74, 6) is 1.73. The van der Waals surface area contributed by atoms with E-state index < -0.39 is 10.0 Å². The van der Waals surface area contributed by atoms with Gasteiger partial charge < -0.3 is 20.1 Å². The predicted molar refractivity (Wildman–Crippen MR) is 136 cm³/mol. The molecule has 10 nitrogen and oxygen atoms in total. The van der Waals surface area contributed by atoms with E-state index in [1.54, 1.807) is 18.3 Å². The summed E-state index contributed by atoms with van der Waals surface area (Å²) in [6.07, 6.45) is 1.61. The topological polar surface area (TPSA) is 131 Å². The molecule has 0 saturated heterocycles. The molecule has 34 heavy (non-hydrogen) atoms. The zero-order valence-electron chi connectivity index (χ0n) is 19.1. The number of sulfonamides is 1. The third-order valence-corrected chi connectivity index (χ3v) is 6.54. The summed E-state index contributed by atoms with van der Waals surface area (Å²) in [4.78, 5) is 15.2. The van der Waals surface area contributed by atoms with E-state index in [9.17, 15) is 8.42 Å². The third kappa shape index (κ3) is 4.91. The molecule has 0 saturated carbocycles. The van der Waals surface area contributed by atoms with Gasteiger partial charge in [-0.2, -0.15) is 4.98 Å². The fraction of sp³-hybridized carbons (Fsp3) is 0.227. The Labute approximate surface area is 202 Å². The molecule has 0 spiro atoms. The number of imidazole rings is 1. The fourth-order valence-electron chi connectivity index (χ4n) is 3.44. The molecule has 0 atom stereocenters. The van der Waals surface area contributed by atoms with Crippen LogP contribution in [0.15, 0.2) is 53.6 Å². The number of nitrogens with two attached hydrogens (primary N) is 1. The molecule has 12 heteroatoms. The number of rotatable bonds is 7. The molecule has 2 aromatic heterocycles. The first-order valence-corrected chi connectivity index (χ1v) is 12.3. The van der Waals surface area contributed by atoms with Gasteiger partial charge in [0.25, 0.3) is 0 Å². The quantitative estimate of drug-likeness (QED) is 0.347. The van der Waals surface area contributed by atoms with E-state index in [2.05, 4.69) is 34.4 Å². The van der Waals surface area contributed by atoms with Crippen molar-refractivity contribution in [3.8, 4) is 0 Å². The van der Waals surface area contributed by atoms with Crippen LogP contribution in [0.4, 0.5) is 29.1 Å². The van der Waals surface area contributed by atoms with Crippen LogP contribution in [0.5, 0.6) is 0 Å². The van der Waals surface area contributed by atoms with Crippen LogP contribution in [0.1, 0.15) is 13.8 Å². The second-order valence-corrected chi connectivity index (χ2v) is 10.0. The van der Waals surface area contributed by atoms with Crippen molar-refractivity contribution in [2.24, 2.45) is 12.2 Å². The summed E-state index contributed by atoms with van der Waals surface area (Å²) >= 11 is 5.96. The van der Waals surface area contributed by atoms with Crippen molar-refractivity contribution in [1.82, 2.24) is 19.5 Å². The number of halogens is 1. The molecule has 0 aliphatic heterocycles. The molecule has 4 aromatic rings. The number of benzene rings is 2. The Balaban J connectivity index is 1.61. The van der Waals surface area contributed by atoms with Crippen molar-refractivity contribution in [2.45, 2.75) is 24.8 Å². The Kier molecular flexibility index (Phi) is 6.34. The van der Waals surface area contributed by atoms with E-state index in [1.807, 2.05) is 41.8 Å². The number of anilines is 5. The van der Waals surface area contributed by atoms with Gasteiger partial charge in [0.05, 0.1) is 16.1 Å². The lowest BCUT2D eigenvalue weighted by molar-refractivity contribution is 0.598. The summed E-state index contributed by atoms with van der Waals surface area (Å²) < 4.78 is 25.5. The molecule has 4 N–H and O–H groups in total. The SMILES string of the molecule is CC(C)Nc1nc2cc(N(C)c3ccnc(Nc4ccc(Cl)c(S(N)(=O)=O)c4)n3)ccc2n1C. The first kappa shape index (κ1) is 23.7. The number of nitrogens with one attached hydrogen (secondary N) is 2. The molecule has 0 bridgehead atoms. The van der Waals surface area contributed by atoms with Gasteiger partial charge in [-0.15, -0.1) is 0 Å². The second-order valence-electron chi connectivity index (χ2n) is 8.08. The van der Waals surface area contributed by atoms with E-state index in [0.29, 0.717) is 11.5 Å². The van der Waals surface area contributed by atoms with E-state index in [1.165, 1.54) is 12.1 Å². The van der Waals surface area contributed by atoms with Gasteiger partial charge >= 0.3 is 0 Å². The highest BCUT2D eigenvalue weighted by Crippen LogP contribution is 2.29. The maximum absolute atomic E-state index is 11.7. The Morgan fingerprint density at radius 2 is 1.88 bits per heavy atom. The fourth-order valence-corrected chi connectivity index (χ4v) is 4.51. The van der Waals surface area contributed by atoms with Gasteiger partial charge in [0.2, 0.25) is 21.9 Å². The van der Waals surface area contributed by atoms with Crippen LogP contribution in [-0.4, -0.2) is 41.0 Å². The molecular weight excluding hydrogens is 476 g/mol. The van der Waals surface area contributed by atoms with Crippen LogP contribution < -0.4 is 20.7 Å². The number of aryl methyl sites for hydroxylation is 1. The standard InChI is InChI=1S/C22H25ClN8O2S/c1-13(2)26-22-28-17-12-15(6-8-18(17)31(22)4)30(3)20-9-10-25-21(29-20)27-14-5-7-16(23)19(11-14)34(24,32)33/h5-13H,1-4H3,(H,26,28)(H2,24,32,33)(H,25,27,29). The van der Waals surface area contributed by atoms with Gasteiger partial charge in [-0.25, -0.2) is 23.5 Å². The lowest BCUT2D eigenvalue weighted by Gasteiger charge is -2.19. The minimum absolute atomic E-state index is 0.0408. The Hall–Kier alpha value is -3.41. The summed E-state index contributed by atoms with van der Waals surface area (Å²) in [6.45, 7) is 4.14. The van der Waals surface area contributed by atoms with Gasteiger partial charge in [-0.05, 0) is 56.3 Å². The second kappa shape index (κ2) is 9.09. The highest BCUT2D eigenvalue weighted by molar-refractivity contribution is 7.89. The highest BCUT2D eigenvalue weighted by atomic mass is 35.5. The monoisotopic (exact) mass is 500 g/mol. The molecule has 0 aliphatic rings. The number of fused-ring (bicyclic) bond motifs is 1. The van der Waals surface area contributed by atoms with Crippen molar-refractivity contribution in [3.05, 3.63) is 53.7 Å². The predicted octanol–water partition coefficient (Wildman–Crippen LogP) is 4.00. The first-order chi connectivity index (χ1) is 16.0. The number of nitrogens with zero attached hydrogens (tertiary/aromatic N) is 5. The average molecular weight is 501 g/mol. The summed E-state index contributed by atoms with van der Waals surface area (Å²) in [5, 5.41) is 11.6. The highest BCUT2D eigenvalue weighted by Gasteiger charge is 2.15. The third-order valence-electron chi connectivity index (χ3n) is 5.15. The number of aromatic nitrogens is 4. The lowest BCUT2D eigenvalue weighted by atomic mass is 10.2. The average Bonchev–Trinajstić information content (AvgIpc) is 3.08. The smallest absolute Gasteiger partial charge is 0.239 e. The maximum Gasteiger partial charge on any atom is 0.239 e. The van der Waals surface area contributed by atoms with E-state index in [-0.39, 0.29) is 21.9 Å². The number of hydrogen-bond acceptors (Lipinski definition) is 8. The van der Waals surface area contributed by atoms with E-state index in [0.717, 1.165) is 22.7 Å². The molecule has 2 heterocycles. The lowest BCUT2D eigenvalue weighted by Crippen LogP contribution is -2.13. The minimum atomic E-state index is -3.97. The molecule has 0 amide bonds. The van der Waals surface area contributed by atoms with Gasteiger partial charge in [0, 0.05) is 37.7 Å². The van der Waals surface area contributed by atoms with E-state index in [4.69, 9.17) is 21.7 Å². The van der Waals surface area contributed by atoms with Crippen LogP contribution in [0.3, 0.4) is 0 Å². The van der Waals surface area contributed by atoms with Gasteiger partial charge in [0.15, 0.2) is 0 Å². The normalized spacial score (nSPS) is 11.7. The van der Waals surface area contributed by atoms with Crippen molar-refractivity contribution in [3.63, 3.8) is 0 Å². The van der Waals surface area contributed by atoms with Gasteiger partial charge in [0.1, 0.15) is 10.7 Å². The molecule has 0 fully saturated rings. The van der Waals surface area contributed by atoms with Crippen LogP contribution in [0.25, 0.3) is 11.0 Å². The first-order valence-electron chi connectivity index (χ1n) is 10.4. The summed E-state index contributed by atoms with van der Waals surface area (Å²) in [5.41, 5.74) is 3.21. The number of hydrogen-bond donors (Lipinski definition) is 3. The van der Waals surface area contributed by atoms with Crippen LogP contribution >= 0.6 is 11.6 Å². The molecule has 4 rings (SSSR count). The molecule has 0 aliphatic carbocycles. The van der Waals surface area contributed by atoms with Crippen molar-refractivity contribution in [2.75, 3.05) is 22.6 Å². The van der Waals surface area contributed by atoms with Crippen LogP contribution in [0, 0.1) is 0 Å². The largest absolute Gasteiger partial charge is 0.353 e. The Morgan fingerprint density at radius 1 is 1.12 bits per heavy atom.